The molecule has 0 N–H and O–H groups in total. The third kappa shape index (κ3) is 2.54. The first kappa shape index (κ1) is 10.6. The van der Waals surface area contributed by atoms with Gasteiger partial charge in [0.25, 0.3) is 0 Å². The second-order valence-electron chi connectivity index (χ2n) is 3.13. The predicted octanol–water partition coefficient (Wildman–Crippen LogP) is 2.94. The van der Waals surface area contributed by atoms with Gasteiger partial charge in [-0.25, -0.2) is 9.97 Å². The maximum absolute atomic E-state index is 4.23. The Morgan fingerprint density at radius 2 is 2.40 bits per heavy atom. The average Bonchev–Trinajstić information content (AvgIpc) is 2.71. The Bertz CT molecular complexity index is 430. The molecular formula is C10H10BrN3S. The Labute approximate surface area is 101 Å². The SMILES string of the molecule is CN(Cc1cccs1)c1ncncc1Br. The molecule has 0 saturated carbocycles. The molecular weight excluding hydrogens is 274 g/mol. The van der Waals surface area contributed by atoms with Crippen molar-refractivity contribution in [1.82, 2.24) is 9.97 Å². The van der Waals surface area contributed by atoms with Gasteiger partial charge in [0.2, 0.25) is 0 Å². The van der Waals surface area contributed by atoms with Crippen molar-refractivity contribution in [2.75, 3.05) is 11.9 Å². The zero-order valence-corrected chi connectivity index (χ0v) is 10.6. The van der Waals surface area contributed by atoms with E-state index in [0.29, 0.717) is 0 Å². The van der Waals surface area contributed by atoms with Crippen LogP contribution in [-0.2, 0) is 6.54 Å². The van der Waals surface area contributed by atoms with Gasteiger partial charge in [0.1, 0.15) is 12.1 Å². The summed E-state index contributed by atoms with van der Waals surface area (Å²) in [5.74, 6) is 0.915. The van der Waals surface area contributed by atoms with E-state index in [4.69, 9.17) is 0 Å². The van der Waals surface area contributed by atoms with Crippen LogP contribution in [0.25, 0.3) is 0 Å². The van der Waals surface area contributed by atoms with Gasteiger partial charge in [-0.05, 0) is 27.4 Å². The fourth-order valence-electron chi connectivity index (χ4n) is 1.30. The molecule has 0 atom stereocenters. The van der Waals surface area contributed by atoms with Crippen molar-refractivity contribution >= 4 is 33.1 Å². The topological polar surface area (TPSA) is 29.0 Å². The fourth-order valence-corrected chi connectivity index (χ4v) is 2.58. The summed E-state index contributed by atoms with van der Waals surface area (Å²) >= 11 is 5.19. The molecule has 0 bridgehead atoms. The van der Waals surface area contributed by atoms with Crippen molar-refractivity contribution in [2.24, 2.45) is 0 Å². The van der Waals surface area contributed by atoms with E-state index in [2.05, 4.69) is 48.3 Å². The minimum atomic E-state index is 0.868. The van der Waals surface area contributed by atoms with Crippen LogP contribution in [-0.4, -0.2) is 17.0 Å². The van der Waals surface area contributed by atoms with Crippen LogP contribution in [0.2, 0.25) is 0 Å². The number of hydrogen-bond acceptors (Lipinski definition) is 4. The summed E-state index contributed by atoms with van der Waals surface area (Å²) in [5.41, 5.74) is 0. The van der Waals surface area contributed by atoms with E-state index in [1.807, 2.05) is 7.05 Å². The van der Waals surface area contributed by atoms with E-state index in [1.165, 1.54) is 4.88 Å². The normalized spacial score (nSPS) is 10.3. The van der Waals surface area contributed by atoms with Gasteiger partial charge < -0.3 is 4.90 Å². The van der Waals surface area contributed by atoms with Crippen LogP contribution >= 0.6 is 27.3 Å². The Hall–Kier alpha value is -0.940. The Balaban J connectivity index is 2.15. The summed E-state index contributed by atoms with van der Waals surface area (Å²) in [6.45, 7) is 0.868. The third-order valence-electron chi connectivity index (χ3n) is 1.98. The molecule has 0 saturated heterocycles. The van der Waals surface area contributed by atoms with Crippen LogP contribution in [0.3, 0.4) is 0 Å². The van der Waals surface area contributed by atoms with Crippen LogP contribution in [0.1, 0.15) is 4.88 Å². The van der Waals surface area contributed by atoms with Gasteiger partial charge in [0.15, 0.2) is 0 Å². The molecule has 0 aliphatic carbocycles. The van der Waals surface area contributed by atoms with Crippen LogP contribution in [0, 0.1) is 0 Å². The predicted molar refractivity (Wildman–Crippen MR) is 66.2 cm³/mol. The summed E-state index contributed by atoms with van der Waals surface area (Å²) in [7, 11) is 2.02. The van der Waals surface area contributed by atoms with Gasteiger partial charge in [0.05, 0.1) is 11.0 Å². The lowest BCUT2D eigenvalue weighted by Gasteiger charge is -2.17. The molecule has 5 heteroatoms. The van der Waals surface area contributed by atoms with Crippen molar-refractivity contribution in [3.05, 3.63) is 39.4 Å². The monoisotopic (exact) mass is 283 g/mol. The van der Waals surface area contributed by atoms with E-state index < -0.39 is 0 Å². The van der Waals surface area contributed by atoms with E-state index in [9.17, 15) is 0 Å². The Morgan fingerprint density at radius 1 is 1.53 bits per heavy atom. The first-order chi connectivity index (χ1) is 7.27. The maximum Gasteiger partial charge on any atom is 0.146 e. The summed E-state index contributed by atoms with van der Waals surface area (Å²) in [6.07, 6.45) is 3.32. The number of halogens is 1. The second kappa shape index (κ2) is 4.72. The molecule has 3 nitrogen and oxygen atoms in total. The highest BCUT2D eigenvalue weighted by Gasteiger charge is 2.07. The maximum atomic E-state index is 4.23. The highest BCUT2D eigenvalue weighted by molar-refractivity contribution is 9.10. The molecule has 0 spiro atoms. The molecule has 0 fully saturated rings. The number of hydrogen-bond donors (Lipinski definition) is 0. The molecule has 2 aromatic rings. The second-order valence-corrected chi connectivity index (χ2v) is 5.02. The lowest BCUT2D eigenvalue weighted by atomic mass is 10.4. The fraction of sp³-hybridized carbons (Fsp3) is 0.200. The molecule has 0 unspecified atom stereocenters. The molecule has 15 heavy (non-hydrogen) atoms. The highest BCUT2D eigenvalue weighted by Crippen LogP contribution is 2.23. The summed E-state index contributed by atoms with van der Waals surface area (Å²) in [5, 5.41) is 2.08. The van der Waals surface area contributed by atoms with Gasteiger partial charge in [-0.2, -0.15) is 0 Å². The molecule has 2 heterocycles. The van der Waals surface area contributed by atoms with Crippen molar-refractivity contribution in [3.63, 3.8) is 0 Å². The molecule has 0 radical (unpaired) electrons. The number of nitrogens with zero attached hydrogens (tertiary/aromatic N) is 3. The smallest absolute Gasteiger partial charge is 0.146 e. The van der Waals surface area contributed by atoms with Gasteiger partial charge >= 0.3 is 0 Å². The number of thiophene rings is 1. The minimum Gasteiger partial charge on any atom is -0.353 e. The number of anilines is 1. The van der Waals surface area contributed by atoms with Gasteiger partial charge in [0, 0.05) is 18.1 Å². The Morgan fingerprint density at radius 3 is 3.07 bits per heavy atom. The quantitative estimate of drug-likeness (QED) is 0.867. The van der Waals surface area contributed by atoms with Gasteiger partial charge in [-0.15, -0.1) is 11.3 Å². The molecule has 0 aliphatic heterocycles. The van der Waals surface area contributed by atoms with E-state index in [0.717, 1.165) is 16.8 Å². The van der Waals surface area contributed by atoms with Crippen LogP contribution < -0.4 is 4.90 Å². The number of aromatic nitrogens is 2. The molecule has 78 valence electrons. The molecule has 0 aliphatic rings. The molecule has 2 aromatic heterocycles. The van der Waals surface area contributed by atoms with Crippen molar-refractivity contribution in [2.45, 2.75) is 6.54 Å². The molecule has 0 amide bonds. The highest BCUT2D eigenvalue weighted by atomic mass is 79.9. The lowest BCUT2D eigenvalue weighted by Crippen LogP contribution is -2.17. The van der Waals surface area contributed by atoms with Crippen LogP contribution in [0.4, 0.5) is 5.82 Å². The van der Waals surface area contributed by atoms with Gasteiger partial charge in [-0.1, -0.05) is 6.07 Å². The third-order valence-corrected chi connectivity index (χ3v) is 3.40. The van der Waals surface area contributed by atoms with E-state index >= 15 is 0 Å². The van der Waals surface area contributed by atoms with Crippen LogP contribution in [0.15, 0.2) is 34.5 Å². The standard InChI is InChI=1S/C10H10BrN3S/c1-14(6-8-3-2-4-15-8)10-9(11)5-12-7-13-10/h2-5,7H,6H2,1H3. The van der Waals surface area contributed by atoms with Gasteiger partial charge in [-0.3, -0.25) is 0 Å². The summed E-state index contributed by atoms with van der Waals surface area (Å²) < 4.78 is 0.920. The van der Waals surface area contributed by atoms with E-state index in [1.54, 1.807) is 23.9 Å². The first-order valence-corrected chi connectivity index (χ1v) is 6.13. The van der Waals surface area contributed by atoms with Crippen molar-refractivity contribution in [1.29, 1.82) is 0 Å². The molecule has 0 aromatic carbocycles. The number of rotatable bonds is 3. The van der Waals surface area contributed by atoms with Crippen molar-refractivity contribution < 1.29 is 0 Å². The zero-order valence-electron chi connectivity index (χ0n) is 8.22. The summed E-state index contributed by atoms with van der Waals surface area (Å²) in [6, 6.07) is 4.18. The van der Waals surface area contributed by atoms with Crippen LogP contribution in [0.5, 0.6) is 0 Å². The first-order valence-electron chi connectivity index (χ1n) is 4.46. The summed E-state index contributed by atoms with van der Waals surface area (Å²) in [4.78, 5) is 11.6. The Kier molecular flexibility index (Phi) is 3.33. The largest absolute Gasteiger partial charge is 0.353 e. The zero-order chi connectivity index (χ0) is 10.7. The minimum absolute atomic E-state index is 0.868. The molecule has 2 rings (SSSR count). The van der Waals surface area contributed by atoms with E-state index in [-0.39, 0.29) is 0 Å². The lowest BCUT2D eigenvalue weighted by molar-refractivity contribution is 0.899. The van der Waals surface area contributed by atoms with Crippen molar-refractivity contribution in [3.8, 4) is 0 Å². The average molecular weight is 284 g/mol.